The topological polar surface area (TPSA) is 26.0 Å². The number of hydrogen-bond donors (Lipinski definition) is 0. The third kappa shape index (κ3) is 3.08. The van der Waals surface area contributed by atoms with Crippen LogP contribution >= 0.6 is 0 Å². The van der Waals surface area contributed by atoms with Crippen LogP contribution in [0.3, 0.4) is 0 Å². The first kappa shape index (κ1) is 15.6. The van der Waals surface area contributed by atoms with Crippen molar-refractivity contribution in [3.05, 3.63) is 78.4 Å². The average Bonchev–Trinajstić information content (AvgIpc) is 3.05. The first-order valence-corrected chi connectivity index (χ1v) is 8.58. The number of benzene rings is 3. The fourth-order valence-electron chi connectivity index (χ4n) is 2.95. The summed E-state index contributed by atoms with van der Waals surface area (Å²) in [4.78, 5) is 4.69. The third-order valence-corrected chi connectivity index (χ3v) is 4.49. The van der Waals surface area contributed by atoms with Gasteiger partial charge in [0.2, 0.25) is 5.89 Å². The molecule has 2 heteroatoms. The van der Waals surface area contributed by atoms with Gasteiger partial charge in [-0.05, 0) is 46.4 Å². The van der Waals surface area contributed by atoms with Crippen LogP contribution in [0.2, 0.25) is 0 Å². The highest BCUT2D eigenvalue weighted by Crippen LogP contribution is 2.30. The molecule has 0 aliphatic carbocycles. The van der Waals surface area contributed by atoms with Gasteiger partial charge in [-0.3, -0.25) is 0 Å². The lowest BCUT2D eigenvalue weighted by molar-refractivity contribution is 0.590. The van der Waals surface area contributed by atoms with E-state index in [1.807, 2.05) is 12.1 Å². The third-order valence-electron chi connectivity index (χ3n) is 4.49. The van der Waals surface area contributed by atoms with Gasteiger partial charge in [0, 0.05) is 5.56 Å². The van der Waals surface area contributed by atoms with E-state index in [9.17, 15) is 0 Å². The maximum Gasteiger partial charge on any atom is 0.227 e. The van der Waals surface area contributed by atoms with E-state index in [1.54, 1.807) is 0 Å². The van der Waals surface area contributed by atoms with Crippen molar-refractivity contribution in [3.63, 3.8) is 0 Å². The van der Waals surface area contributed by atoms with Crippen LogP contribution in [0.15, 0.2) is 77.2 Å². The number of hydrogen-bond acceptors (Lipinski definition) is 2. The van der Waals surface area contributed by atoms with E-state index in [-0.39, 0.29) is 5.41 Å². The Labute approximate surface area is 148 Å². The zero-order valence-electron chi connectivity index (χ0n) is 14.8. The van der Waals surface area contributed by atoms with Crippen LogP contribution in [0.1, 0.15) is 26.3 Å². The molecule has 0 saturated heterocycles. The SMILES string of the molecule is CC(C)(C)c1ccc2oc(-c3ccc(-c4ccccc4)cc3)nc2c1. The van der Waals surface area contributed by atoms with Crippen LogP contribution in [-0.4, -0.2) is 4.98 Å². The monoisotopic (exact) mass is 327 g/mol. The van der Waals surface area contributed by atoms with Gasteiger partial charge in [0.25, 0.3) is 0 Å². The number of fused-ring (bicyclic) bond motifs is 1. The summed E-state index contributed by atoms with van der Waals surface area (Å²) in [6.07, 6.45) is 0. The molecule has 1 heterocycles. The molecular formula is C23H21NO. The Morgan fingerprint density at radius 1 is 0.720 bits per heavy atom. The fraction of sp³-hybridized carbons (Fsp3) is 0.174. The Bertz CT molecular complexity index is 1010. The fourth-order valence-corrected chi connectivity index (χ4v) is 2.95. The van der Waals surface area contributed by atoms with Gasteiger partial charge in [0.05, 0.1) is 0 Å². The van der Waals surface area contributed by atoms with E-state index in [0.29, 0.717) is 5.89 Å². The first-order chi connectivity index (χ1) is 12.0. The minimum atomic E-state index is 0.102. The summed E-state index contributed by atoms with van der Waals surface area (Å²) >= 11 is 0. The van der Waals surface area contributed by atoms with Crippen molar-refractivity contribution in [1.82, 2.24) is 4.98 Å². The second-order valence-electron chi connectivity index (χ2n) is 7.39. The summed E-state index contributed by atoms with van der Waals surface area (Å²) in [7, 11) is 0. The van der Waals surface area contributed by atoms with Crippen LogP contribution < -0.4 is 0 Å². The highest BCUT2D eigenvalue weighted by atomic mass is 16.3. The molecule has 0 saturated carbocycles. The molecule has 0 spiro atoms. The zero-order chi connectivity index (χ0) is 17.4. The quantitative estimate of drug-likeness (QED) is 0.422. The minimum Gasteiger partial charge on any atom is -0.436 e. The molecule has 0 unspecified atom stereocenters. The Morgan fingerprint density at radius 2 is 1.36 bits per heavy atom. The lowest BCUT2D eigenvalue weighted by atomic mass is 9.87. The molecule has 0 amide bonds. The van der Waals surface area contributed by atoms with Crippen LogP contribution in [0.5, 0.6) is 0 Å². The molecule has 0 N–H and O–H groups in total. The van der Waals surface area contributed by atoms with E-state index in [0.717, 1.165) is 16.7 Å². The summed E-state index contributed by atoms with van der Waals surface area (Å²) in [5, 5.41) is 0. The lowest BCUT2D eigenvalue weighted by Gasteiger charge is -2.18. The predicted octanol–water partition coefficient (Wildman–Crippen LogP) is 6.46. The number of oxazole rings is 1. The van der Waals surface area contributed by atoms with Crippen molar-refractivity contribution in [2.75, 3.05) is 0 Å². The second-order valence-corrected chi connectivity index (χ2v) is 7.39. The Balaban J connectivity index is 1.70. The molecule has 124 valence electrons. The number of rotatable bonds is 2. The van der Waals surface area contributed by atoms with Crippen molar-refractivity contribution in [3.8, 4) is 22.6 Å². The molecule has 0 bridgehead atoms. The van der Waals surface area contributed by atoms with Gasteiger partial charge < -0.3 is 4.42 Å². The molecule has 25 heavy (non-hydrogen) atoms. The molecule has 4 aromatic rings. The zero-order valence-corrected chi connectivity index (χ0v) is 14.8. The van der Waals surface area contributed by atoms with Crippen molar-refractivity contribution < 1.29 is 4.42 Å². The minimum absolute atomic E-state index is 0.102. The van der Waals surface area contributed by atoms with Gasteiger partial charge >= 0.3 is 0 Å². The van der Waals surface area contributed by atoms with Gasteiger partial charge in [0.15, 0.2) is 5.58 Å². The van der Waals surface area contributed by atoms with Crippen molar-refractivity contribution in [1.29, 1.82) is 0 Å². The summed E-state index contributed by atoms with van der Waals surface area (Å²) in [5.41, 5.74) is 6.50. The molecule has 2 nitrogen and oxygen atoms in total. The Morgan fingerprint density at radius 3 is 2.04 bits per heavy atom. The Kier molecular flexibility index (Phi) is 3.69. The molecule has 0 atom stereocenters. The van der Waals surface area contributed by atoms with E-state index < -0.39 is 0 Å². The standard InChI is InChI=1S/C23H21NO/c1-23(2,3)19-13-14-21-20(15-19)24-22(25-21)18-11-9-17(10-12-18)16-7-5-4-6-8-16/h4-15H,1-3H3. The van der Waals surface area contributed by atoms with Gasteiger partial charge in [-0.2, -0.15) is 0 Å². The van der Waals surface area contributed by atoms with Crippen LogP contribution in [0.4, 0.5) is 0 Å². The van der Waals surface area contributed by atoms with Crippen LogP contribution in [-0.2, 0) is 5.41 Å². The largest absolute Gasteiger partial charge is 0.436 e. The van der Waals surface area contributed by atoms with Crippen molar-refractivity contribution >= 4 is 11.1 Å². The van der Waals surface area contributed by atoms with Crippen molar-refractivity contribution in [2.45, 2.75) is 26.2 Å². The lowest BCUT2D eigenvalue weighted by Crippen LogP contribution is -2.10. The van der Waals surface area contributed by atoms with Gasteiger partial charge in [-0.1, -0.05) is 69.3 Å². The predicted molar refractivity (Wildman–Crippen MR) is 104 cm³/mol. The van der Waals surface area contributed by atoms with E-state index in [2.05, 4.69) is 81.4 Å². The van der Waals surface area contributed by atoms with Gasteiger partial charge in [-0.25, -0.2) is 4.98 Å². The molecule has 0 fully saturated rings. The first-order valence-electron chi connectivity index (χ1n) is 8.58. The molecule has 0 radical (unpaired) electrons. The Hall–Kier alpha value is -2.87. The van der Waals surface area contributed by atoms with Crippen LogP contribution in [0.25, 0.3) is 33.7 Å². The maximum atomic E-state index is 5.96. The summed E-state index contributed by atoms with van der Waals surface area (Å²) in [5.74, 6) is 0.667. The summed E-state index contributed by atoms with van der Waals surface area (Å²) in [6.45, 7) is 6.62. The van der Waals surface area contributed by atoms with E-state index >= 15 is 0 Å². The average molecular weight is 327 g/mol. The summed E-state index contributed by atoms with van der Waals surface area (Å²) < 4.78 is 5.96. The highest BCUT2D eigenvalue weighted by molar-refractivity contribution is 5.78. The highest BCUT2D eigenvalue weighted by Gasteiger charge is 2.16. The van der Waals surface area contributed by atoms with Crippen molar-refractivity contribution in [2.24, 2.45) is 0 Å². The number of aromatic nitrogens is 1. The number of nitrogens with zero attached hydrogens (tertiary/aromatic N) is 1. The van der Waals surface area contributed by atoms with Gasteiger partial charge in [0.1, 0.15) is 5.52 Å². The van der Waals surface area contributed by atoms with E-state index in [4.69, 9.17) is 9.40 Å². The summed E-state index contributed by atoms with van der Waals surface area (Å²) in [6, 6.07) is 25.0. The normalized spacial score (nSPS) is 11.8. The maximum absolute atomic E-state index is 5.96. The molecule has 4 rings (SSSR count). The molecular weight excluding hydrogens is 306 g/mol. The van der Waals surface area contributed by atoms with Crippen LogP contribution in [0, 0.1) is 0 Å². The van der Waals surface area contributed by atoms with Gasteiger partial charge in [-0.15, -0.1) is 0 Å². The van der Waals surface area contributed by atoms with E-state index in [1.165, 1.54) is 16.7 Å². The molecule has 3 aromatic carbocycles. The molecule has 0 aliphatic heterocycles. The second kappa shape index (κ2) is 5.89. The smallest absolute Gasteiger partial charge is 0.227 e. The molecule has 1 aromatic heterocycles. The molecule has 0 aliphatic rings.